The minimum Gasteiger partial charge on any atom is -0.370 e. The molecule has 0 aliphatic carbocycles. The van der Waals surface area contributed by atoms with Crippen LogP contribution >= 0.6 is 0 Å². The summed E-state index contributed by atoms with van der Waals surface area (Å²) in [7, 11) is 0. The normalized spacial score (nSPS) is 16.8. The van der Waals surface area contributed by atoms with Crippen LogP contribution in [0.3, 0.4) is 0 Å². The van der Waals surface area contributed by atoms with E-state index in [1.54, 1.807) is 12.4 Å². The number of imidazole rings is 1. The fourth-order valence-electron chi connectivity index (χ4n) is 5.11. The third-order valence-electron chi connectivity index (χ3n) is 7.01. The SMILES string of the molecule is NC1CN(c2cncc(-c3ccc4[nH]nc(-c5nc6nccc(N7CCCCC7)c6[nH]5)c4c3)n2)C1. The molecular weight excluding hydrogens is 440 g/mol. The summed E-state index contributed by atoms with van der Waals surface area (Å²) in [5.74, 6) is 1.56. The van der Waals surface area contributed by atoms with Crippen molar-refractivity contribution in [2.45, 2.75) is 25.3 Å². The molecule has 5 aromatic rings. The Bertz CT molecular complexity index is 1520. The van der Waals surface area contributed by atoms with Crippen LogP contribution in [0.2, 0.25) is 0 Å². The smallest absolute Gasteiger partial charge is 0.180 e. The lowest BCUT2D eigenvalue weighted by Gasteiger charge is -2.37. The number of hydrogen-bond donors (Lipinski definition) is 3. The van der Waals surface area contributed by atoms with Gasteiger partial charge in [-0.05, 0) is 37.5 Å². The molecule has 2 fully saturated rings. The van der Waals surface area contributed by atoms with E-state index in [2.05, 4.69) is 47.1 Å². The molecule has 10 heteroatoms. The number of benzene rings is 1. The molecule has 2 aliphatic rings. The molecule has 4 aromatic heterocycles. The minimum absolute atomic E-state index is 0.207. The summed E-state index contributed by atoms with van der Waals surface area (Å²) in [6.07, 6.45) is 9.14. The molecule has 0 amide bonds. The first-order valence-corrected chi connectivity index (χ1v) is 12.1. The van der Waals surface area contributed by atoms with Crippen molar-refractivity contribution in [2.75, 3.05) is 36.0 Å². The Morgan fingerprint density at radius 3 is 2.71 bits per heavy atom. The van der Waals surface area contributed by atoms with Gasteiger partial charge in [0.05, 0.1) is 29.3 Å². The van der Waals surface area contributed by atoms with Crippen LogP contribution in [0.25, 0.3) is 44.8 Å². The monoisotopic (exact) mass is 466 g/mol. The third-order valence-corrected chi connectivity index (χ3v) is 7.01. The molecule has 0 atom stereocenters. The lowest BCUT2D eigenvalue weighted by Crippen LogP contribution is -2.56. The Morgan fingerprint density at radius 1 is 0.971 bits per heavy atom. The fourth-order valence-corrected chi connectivity index (χ4v) is 5.11. The van der Waals surface area contributed by atoms with Gasteiger partial charge in [0.25, 0.3) is 0 Å². The summed E-state index contributed by atoms with van der Waals surface area (Å²) in [5, 5.41) is 8.71. The van der Waals surface area contributed by atoms with Crippen molar-refractivity contribution in [1.82, 2.24) is 35.1 Å². The second-order valence-electron chi connectivity index (χ2n) is 9.42. The Morgan fingerprint density at radius 2 is 1.86 bits per heavy atom. The van der Waals surface area contributed by atoms with E-state index in [0.717, 1.165) is 71.1 Å². The first kappa shape index (κ1) is 20.3. The number of rotatable bonds is 4. The number of nitrogens with two attached hydrogens (primary N) is 1. The van der Waals surface area contributed by atoms with Gasteiger partial charge in [-0.25, -0.2) is 15.0 Å². The molecule has 0 bridgehead atoms. The number of pyridine rings is 1. The van der Waals surface area contributed by atoms with Crippen LogP contribution in [-0.4, -0.2) is 67.3 Å². The van der Waals surface area contributed by atoms with Gasteiger partial charge in [0, 0.05) is 49.4 Å². The number of aromatic amines is 2. The summed E-state index contributed by atoms with van der Waals surface area (Å²) >= 11 is 0. The van der Waals surface area contributed by atoms with Crippen LogP contribution < -0.4 is 15.5 Å². The summed E-state index contributed by atoms with van der Waals surface area (Å²) in [4.78, 5) is 26.7. The summed E-state index contributed by atoms with van der Waals surface area (Å²) in [5.41, 5.74) is 12.3. The van der Waals surface area contributed by atoms with E-state index in [0.29, 0.717) is 11.5 Å². The number of hydrogen-bond acceptors (Lipinski definition) is 8. The summed E-state index contributed by atoms with van der Waals surface area (Å²) in [6.45, 7) is 3.74. The second kappa shape index (κ2) is 8.02. The average Bonchev–Trinajstić information content (AvgIpc) is 3.51. The van der Waals surface area contributed by atoms with Crippen LogP contribution in [0, 0.1) is 0 Å². The molecular formula is C25H26N10. The van der Waals surface area contributed by atoms with Crippen molar-refractivity contribution in [3.05, 3.63) is 42.9 Å². The molecule has 0 radical (unpaired) electrons. The highest BCUT2D eigenvalue weighted by atomic mass is 15.3. The molecule has 1 aromatic carbocycles. The van der Waals surface area contributed by atoms with Gasteiger partial charge in [0.15, 0.2) is 11.5 Å². The third kappa shape index (κ3) is 3.48. The molecule has 35 heavy (non-hydrogen) atoms. The molecule has 2 aliphatic heterocycles. The maximum absolute atomic E-state index is 5.94. The van der Waals surface area contributed by atoms with Gasteiger partial charge in [-0.2, -0.15) is 5.10 Å². The zero-order valence-electron chi connectivity index (χ0n) is 19.3. The van der Waals surface area contributed by atoms with Crippen LogP contribution in [0.15, 0.2) is 42.9 Å². The van der Waals surface area contributed by atoms with Gasteiger partial charge in [-0.3, -0.25) is 10.1 Å². The largest absolute Gasteiger partial charge is 0.370 e. The van der Waals surface area contributed by atoms with Crippen molar-refractivity contribution >= 4 is 33.6 Å². The highest BCUT2D eigenvalue weighted by Crippen LogP contribution is 2.32. The van der Waals surface area contributed by atoms with Crippen molar-refractivity contribution in [3.8, 4) is 22.8 Å². The number of nitrogens with one attached hydrogen (secondary N) is 2. The number of anilines is 2. The lowest BCUT2D eigenvalue weighted by atomic mass is 10.1. The highest BCUT2D eigenvalue weighted by Gasteiger charge is 2.25. The molecule has 176 valence electrons. The predicted molar refractivity (Wildman–Crippen MR) is 136 cm³/mol. The van der Waals surface area contributed by atoms with Crippen molar-refractivity contribution in [3.63, 3.8) is 0 Å². The first-order chi connectivity index (χ1) is 17.2. The molecule has 10 nitrogen and oxygen atoms in total. The van der Waals surface area contributed by atoms with Crippen LogP contribution in [0.4, 0.5) is 11.5 Å². The van der Waals surface area contributed by atoms with Gasteiger partial charge in [-0.15, -0.1) is 0 Å². The van der Waals surface area contributed by atoms with Crippen molar-refractivity contribution in [1.29, 1.82) is 0 Å². The molecule has 6 heterocycles. The fraction of sp³-hybridized carbons (Fsp3) is 0.320. The molecule has 0 spiro atoms. The quantitative estimate of drug-likeness (QED) is 0.369. The van der Waals surface area contributed by atoms with Gasteiger partial charge in [0.2, 0.25) is 0 Å². The average molecular weight is 467 g/mol. The van der Waals surface area contributed by atoms with E-state index >= 15 is 0 Å². The van der Waals surface area contributed by atoms with Gasteiger partial charge < -0.3 is 20.5 Å². The predicted octanol–water partition coefficient (Wildman–Crippen LogP) is 3.10. The van der Waals surface area contributed by atoms with Gasteiger partial charge >= 0.3 is 0 Å². The summed E-state index contributed by atoms with van der Waals surface area (Å²) < 4.78 is 0. The van der Waals surface area contributed by atoms with Crippen molar-refractivity contribution < 1.29 is 0 Å². The lowest BCUT2D eigenvalue weighted by molar-refractivity contribution is 0.514. The van der Waals surface area contributed by atoms with Crippen LogP contribution in [-0.2, 0) is 0 Å². The van der Waals surface area contributed by atoms with E-state index in [-0.39, 0.29) is 6.04 Å². The molecule has 4 N–H and O–H groups in total. The van der Waals surface area contributed by atoms with E-state index in [4.69, 9.17) is 15.7 Å². The van der Waals surface area contributed by atoms with E-state index < -0.39 is 0 Å². The van der Waals surface area contributed by atoms with Crippen molar-refractivity contribution in [2.24, 2.45) is 5.73 Å². The number of H-pyrrole nitrogens is 2. The maximum atomic E-state index is 5.94. The molecule has 7 rings (SSSR count). The molecule has 0 saturated carbocycles. The Hall–Kier alpha value is -4.05. The zero-order valence-corrected chi connectivity index (χ0v) is 19.3. The number of nitrogens with zero attached hydrogens (tertiary/aromatic N) is 7. The van der Waals surface area contributed by atoms with Gasteiger partial charge in [0.1, 0.15) is 17.0 Å². The summed E-state index contributed by atoms with van der Waals surface area (Å²) in [6, 6.07) is 8.44. The van der Waals surface area contributed by atoms with E-state index in [9.17, 15) is 0 Å². The highest BCUT2D eigenvalue weighted by molar-refractivity contribution is 5.96. The minimum atomic E-state index is 0.207. The van der Waals surface area contributed by atoms with E-state index in [1.165, 1.54) is 19.3 Å². The van der Waals surface area contributed by atoms with Gasteiger partial charge in [-0.1, -0.05) is 6.07 Å². The van der Waals surface area contributed by atoms with Crippen LogP contribution in [0.1, 0.15) is 19.3 Å². The Labute approximate surface area is 201 Å². The zero-order chi connectivity index (χ0) is 23.4. The Kier molecular flexibility index (Phi) is 4.66. The van der Waals surface area contributed by atoms with Crippen LogP contribution in [0.5, 0.6) is 0 Å². The topological polar surface area (TPSA) is 129 Å². The first-order valence-electron chi connectivity index (χ1n) is 12.1. The standard InChI is InChI=1S/C25H26N10/c26-16-13-35(14-16)21-12-27-11-19(29-21)15-4-5-18-17(10-15)22(33-32-18)25-30-23-20(6-7-28-24(23)31-25)34-8-2-1-3-9-34/h4-7,10-12,16H,1-3,8-9,13-14,26H2,(H,32,33)(H,28,30,31). The Balaban J connectivity index is 1.28. The number of aromatic nitrogens is 7. The molecule has 2 saturated heterocycles. The maximum Gasteiger partial charge on any atom is 0.180 e. The second-order valence-corrected chi connectivity index (χ2v) is 9.42. The number of piperidine rings is 1. The molecule has 0 unspecified atom stereocenters. The van der Waals surface area contributed by atoms with E-state index in [1.807, 2.05) is 18.3 Å². The number of fused-ring (bicyclic) bond motifs is 2.